The fourth-order valence-electron chi connectivity index (χ4n) is 3.81. The number of aryl methyl sites for hydroxylation is 1. The molecule has 8 heteroatoms. The fraction of sp³-hybridized carbons (Fsp3) is 0.148. The molecule has 0 radical (unpaired) electrons. The number of tetrazole rings is 1. The third-order valence-corrected chi connectivity index (χ3v) is 5.64. The summed E-state index contributed by atoms with van der Waals surface area (Å²) < 4.78 is 5.84. The van der Waals surface area contributed by atoms with Crippen LogP contribution in [0.2, 0.25) is 0 Å². The minimum Gasteiger partial charge on any atom is -0.494 e. The van der Waals surface area contributed by atoms with Crippen molar-refractivity contribution >= 4 is 22.5 Å². The van der Waals surface area contributed by atoms with Crippen LogP contribution in [0.1, 0.15) is 28.8 Å². The molecule has 0 saturated heterocycles. The molecule has 2 heterocycles. The van der Waals surface area contributed by atoms with Crippen molar-refractivity contribution in [3.63, 3.8) is 0 Å². The molecule has 0 bridgehead atoms. The molecule has 2 N–H and O–H groups in total. The zero-order chi connectivity index (χ0) is 23.9. The van der Waals surface area contributed by atoms with Crippen LogP contribution in [0.15, 0.2) is 84.9 Å². The zero-order valence-corrected chi connectivity index (χ0v) is 19.0. The number of carbonyl (C=O) groups is 1. The van der Waals surface area contributed by atoms with E-state index in [1.807, 2.05) is 48.5 Å². The number of hydrogen-bond acceptors (Lipinski definition) is 6. The number of nitrogens with one attached hydrogen (secondary N) is 2. The number of amides is 1. The number of nitrogens with zero attached hydrogens (tertiary/aromatic N) is 4. The van der Waals surface area contributed by atoms with Crippen molar-refractivity contribution in [2.75, 3.05) is 11.9 Å². The van der Waals surface area contributed by atoms with E-state index in [1.54, 1.807) is 12.1 Å². The molecule has 0 aliphatic heterocycles. The molecule has 0 saturated carbocycles. The van der Waals surface area contributed by atoms with E-state index in [-0.39, 0.29) is 5.91 Å². The van der Waals surface area contributed by atoms with Gasteiger partial charge < -0.3 is 10.1 Å². The molecule has 5 aromatic rings. The maximum absolute atomic E-state index is 12.9. The highest BCUT2D eigenvalue weighted by Crippen LogP contribution is 2.25. The zero-order valence-electron chi connectivity index (χ0n) is 19.0. The van der Waals surface area contributed by atoms with Gasteiger partial charge in [0.1, 0.15) is 11.4 Å². The number of H-pyrrole nitrogens is 1. The average Bonchev–Trinajstić information content (AvgIpc) is 3.45. The molecule has 174 valence electrons. The molecule has 0 aliphatic rings. The number of hydrogen-bond donors (Lipinski definition) is 2. The van der Waals surface area contributed by atoms with Crippen LogP contribution in [0, 0.1) is 0 Å². The van der Waals surface area contributed by atoms with Crippen LogP contribution >= 0.6 is 0 Å². The molecular formula is C27H24N6O2. The van der Waals surface area contributed by atoms with Crippen LogP contribution in [0.5, 0.6) is 5.75 Å². The van der Waals surface area contributed by atoms with Crippen molar-refractivity contribution in [3.8, 4) is 17.3 Å². The molecule has 2 aromatic heterocycles. The van der Waals surface area contributed by atoms with E-state index in [0.717, 1.165) is 30.4 Å². The predicted molar refractivity (Wildman–Crippen MR) is 134 cm³/mol. The molecule has 35 heavy (non-hydrogen) atoms. The third kappa shape index (κ3) is 5.50. The van der Waals surface area contributed by atoms with Crippen LogP contribution in [0.3, 0.4) is 0 Å². The van der Waals surface area contributed by atoms with E-state index in [4.69, 9.17) is 4.74 Å². The first-order valence-electron chi connectivity index (χ1n) is 11.5. The first-order valence-corrected chi connectivity index (χ1v) is 11.5. The standard InChI is InChI=1S/C27H24N6O2/c34-27(21-12-15-22(16-13-21)35-18-5-4-9-19-7-2-1-3-8-19)29-23-11-6-10-20-14-17-24(28-25(20)23)26-30-32-33-31-26/h1-3,6-8,10-17H,4-5,9,18H2,(H,29,34)(H,30,31,32,33). The first kappa shape index (κ1) is 22.2. The summed E-state index contributed by atoms with van der Waals surface area (Å²) in [7, 11) is 0. The number of para-hydroxylation sites is 1. The highest BCUT2D eigenvalue weighted by Gasteiger charge is 2.12. The van der Waals surface area contributed by atoms with Gasteiger partial charge in [-0.15, -0.1) is 5.10 Å². The SMILES string of the molecule is O=C(Nc1cccc2ccc(-c3nnn[nH]3)nc12)c1ccc(OCCCCc2ccccc2)cc1. The Morgan fingerprint density at radius 2 is 1.74 bits per heavy atom. The molecule has 0 fully saturated rings. The Bertz CT molecular complexity index is 1400. The molecule has 0 unspecified atom stereocenters. The topological polar surface area (TPSA) is 106 Å². The molecule has 0 atom stereocenters. The van der Waals surface area contributed by atoms with Gasteiger partial charge in [0.15, 0.2) is 5.82 Å². The monoisotopic (exact) mass is 464 g/mol. The van der Waals surface area contributed by atoms with E-state index < -0.39 is 0 Å². The number of aromatic nitrogens is 5. The van der Waals surface area contributed by atoms with Gasteiger partial charge in [-0.3, -0.25) is 4.79 Å². The van der Waals surface area contributed by atoms with Crippen LogP contribution < -0.4 is 10.1 Å². The van der Waals surface area contributed by atoms with Gasteiger partial charge in [0.25, 0.3) is 5.91 Å². The minimum atomic E-state index is -0.222. The van der Waals surface area contributed by atoms with Gasteiger partial charge in [-0.05, 0) is 71.7 Å². The Morgan fingerprint density at radius 1 is 0.886 bits per heavy atom. The quantitative estimate of drug-likeness (QED) is 0.295. The average molecular weight is 465 g/mol. The predicted octanol–water partition coefficient (Wildman–Crippen LogP) is 5.07. The van der Waals surface area contributed by atoms with Crippen LogP contribution in [-0.4, -0.2) is 38.1 Å². The van der Waals surface area contributed by atoms with E-state index in [1.165, 1.54) is 5.56 Å². The number of unbranched alkanes of at least 4 members (excludes halogenated alkanes) is 1. The number of rotatable bonds is 9. The molecule has 8 nitrogen and oxygen atoms in total. The van der Waals surface area contributed by atoms with Gasteiger partial charge >= 0.3 is 0 Å². The second kappa shape index (κ2) is 10.6. The van der Waals surface area contributed by atoms with E-state index in [2.05, 4.69) is 55.2 Å². The molecule has 5 rings (SSSR count). The van der Waals surface area contributed by atoms with E-state index in [9.17, 15) is 4.79 Å². The first-order chi connectivity index (χ1) is 17.3. The summed E-state index contributed by atoms with van der Waals surface area (Å²) >= 11 is 0. The lowest BCUT2D eigenvalue weighted by molar-refractivity contribution is 0.102. The highest BCUT2D eigenvalue weighted by atomic mass is 16.5. The summed E-state index contributed by atoms with van der Waals surface area (Å²) in [6.45, 7) is 0.642. The van der Waals surface area contributed by atoms with Crippen molar-refractivity contribution in [1.29, 1.82) is 0 Å². The van der Waals surface area contributed by atoms with Gasteiger partial charge in [0.05, 0.1) is 17.8 Å². The Hall–Kier alpha value is -4.59. The molecule has 0 aliphatic carbocycles. The minimum absolute atomic E-state index is 0.222. The Labute approximate surface area is 202 Å². The van der Waals surface area contributed by atoms with Gasteiger partial charge in [-0.2, -0.15) is 0 Å². The number of anilines is 1. The number of ether oxygens (including phenoxy) is 1. The molecular weight excluding hydrogens is 440 g/mol. The van der Waals surface area contributed by atoms with E-state index >= 15 is 0 Å². The van der Waals surface area contributed by atoms with Gasteiger partial charge in [0, 0.05) is 10.9 Å². The summed E-state index contributed by atoms with van der Waals surface area (Å²) in [4.78, 5) is 17.5. The van der Waals surface area contributed by atoms with Gasteiger partial charge in [-0.1, -0.05) is 48.5 Å². The number of carbonyl (C=O) groups excluding carboxylic acids is 1. The Balaban J connectivity index is 1.19. The summed E-state index contributed by atoms with van der Waals surface area (Å²) in [6, 6.07) is 27.0. The highest BCUT2D eigenvalue weighted by molar-refractivity contribution is 6.08. The van der Waals surface area contributed by atoms with Crippen molar-refractivity contribution in [1.82, 2.24) is 25.6 Å². The van der Waals surface area contributed by atoms with Crippen molar-refractivity contribution in [2.24, 2.45) is 0 Å². The second-order valence-electron chi connectivity index (χ2n) is 8.09. The van der Waals surface area contributed by atoms with Crippen molar-refractivity contribution in [3.05, 3.63) is 96.1 Å². The lowest BCUT2D eigenvalue weighted by atomic mass is 10.1. The maximum atomic E-state index is 12.9. The second-order valence-corrected chi connectivity index (χ2v) is 8.09. The molecule has 1 amide bonds. The van der Waals surface area contributed by atoms with Gasteiger partial charge in [-0.25, -0.2) is 10.1 Å². The number of pyridine rings is 1. The van der Waals surface area contributed by atoms with Crippen LogP contribution in [0.25, 0.3) is 22.4 Å². The van der Waals surface area contributed by atoms with Gasteiger partial charge in [0.2, 0.25) is 0 Å². The number of benzene rings is 3. The van der Waals surface area contributed by atoms with Crippen LogP contribution in [0.4, 0.5) is 5.69 Å². The Kier molecular flexibility index (Phi) is 6.70. The summed E-state index contributed by atoms with van der Waals surface area (Å²) in [5.41, 5.74) is 3.74. The third-order valence-electron chi connectivity index (χ3n) is 5.64. The summed E-state index contributed by atoms with van der Waals surface area (Å²) in [5.74, 6) is 0.988. The number of fused-ring (bicyclic) bond motifs is 1. The van der Waals surface area contributed by atoms with Crippen molar-refractivity contribution in [2.45, 2.75) is 19.3 Å². The summed E-state index contributed by atoms with van der Waals surface area (Å²) in [6.07, 6.45) is 3.08. The normalized spacial score (nSPS) is 10.9. The Morgan fingerprint density at radius 3 is 2.54 bits per heavy atom. The van der Waals surface area contributed by atoms with E-state index in [0.29, 0.717) is 34.9 Å². The van der Waals surface area contributed by atoms with Crippen LogP contribution in [-0.2, 0) is 6.42 Å². The smallest absolute Gasteiger partial charge is 0.255 e. The largest absolute Gasteiger partial charge is 0.494 e. The lowest BCUT2D eigenvalue weighted by Gasteiger charge is -2.10. The fourth-order valence-corrected chi connectivity index (χ4v) is 3.81. The maximum Gasteiger partial charge on any atom is 0.255 e. The van der Waals surface area contributed by atoms with Crippen molar-refractivity contribution < 1.29 is 9.53 Å². The molecule has 0 spiro atoms. The molecule has 3 aromatic carbocycles. The summed E-state index contributed by atoms with van der Waals surface area (Å²) in [5, 5.41) is 17.7. The lowest BCUT2D eigenvalue weighted by Crippen LogP contribution is -2.12. The number of aromatic amines is 1.